The normalized spacial score (nSPS) is 24.2. The number of likely N-dealkylation sites (tertiary alicyclic amines) is 1. The third-order valence-corrected chi connectivity index (χ3v) is 6.71. The zero-order valence-corrected chi connectivity index (χ0v) is 16.4. The topological polar surface area (TPSA) is 40.6 Å². The lowest BCUT2D eigenvalue weighted by atomic mass is 9.93. The Morgan fingerprint density at radius 3 is 2.15 bits per heavy atom. The molecule has 27 heavy (non-hydrogen) atoms. The Labute approximate surface area is 162 Å². The summed E-state index contributed by atoms with van der Waals surface area (Å²) in [6, 6.07) is 8.94. The Hall–Kier alpha value is -1.68. The number of para-hydroxylation sites is 1. The summed E-state index contributed by atoms with van der Waals surface area (Å²) in [7, 11) is 0. The summed E-state index contributed by atoms with van der Waals surface area (Å²) in [6.07, 6.45) is 12.1. The summed E-state index contributed by atoms with van der Waals surface area (Å²) < 4.78 is 0. The summed E-state index contributed by atoms with van der Waals surface area (Å²) in [5.74, 6) is 0.0382. The Morgan fingerprint density at radius 2 is 1.41 bits per heavy atom. The van der Waals surface area contributed by atoms with Gasteiger partial charge in [0.1, 0.15) is 5.78 Å². The van der Waals surface area contributed by atoms with Crippen LogP contribution in [0.15, 0.2) is 24.3 Å². The molecule has 4 rings (SSSR count). The number of benzene rings is 1. The lowest BCUT2D eigenvalue weighted by Gasteiger charge is -2.42. The van der Waals surface area contributed by atoms with Crippen molar-refractivity contribution in [3.05, 3.63) is 29.8 Å². The average Bonchev–Trinajstić information content (AvgIpc) is 2.76. The fraction of sp³-hybridized carbons (Fsp3) is 0.652. The van der Waals surface area contributed by atoms with E-state index in [1.165, 1.54) is 44.9 Å². The number of piperidine rings is 1. The molecule has 2 fully saturated rings. The average molecular weight is 369 g/mol. The van der Waals surface area contributed by atoms with E-state index in [0.29, 0.717) is 6.42 Å². The number of fused-ring (bicyclic) bond motifs is 1. The highest BCUT2D eigenvalue weighted by Gasteiger charge is 2.34. The quantitative estimate of drug-likeness (QED) is 0.738. The lowest BCUT2D eigenvalue weighted by Crippen LogP contribution is -2.50. The maximum absolute atomic E-state index is 12.8. The molecule has 1 amide bonds. The van der Waals surface area contributed by atoms with Gasteiger partial charge in [-0.2, -0.15) is 0 Å². The summed E-state index contributed by atoms with van der Waals surface area (Å²) >= 11 is 0. The molecule has 0 atom stereocenters. The number of hydrogen-bond acceptors (Lipinski definition) is 3. The van der Waals surface area contributed by atoms with Gasteiger partial charge in [0.2, 0.25) is 5.91 Å². The minimum absolute atomic E-state index is 0.00523. The summed E-state index contributed by atoms with van der Waals surface area (Å²) in [5.41, 5.74) is 1.98. The van der Waals surface area contributed by atoms with Crippen molar-refractivity contribution in [3.8, 4) is 0 Å². The molecule has 2 heterocycles. The zero-order chi connectivity index (χ0) is 18.6. The van der Waals surface area contributed by atoms with Crippen molar-refractivity contribution in [2.75, 3.05) is 18.0 Å². The standard InChI is InChI=1S/C23H32N2O2/c26-21-16-18-8-6-7-11-22(18)25(23(27)17-21)20-12-14-24(15-13-20)19-9-4-2-1-3-5-10-19/h6-8,11,19-20H,1-5,9-10,12-17H2. The zero-order valence-electron chi connectivity index (χ0n) is 16.4. The minimum atomic E-state index is -0.00523. The van der Waals surface area contributed by atoms with Crippen molar-refractivity contribution in [1.29, 1.82) is 0 Å². The molecule has 0 N–H and O–H groups in total. The second-order valence-electron chi connectivity index (χ2n) is 8.55. The van der Waals surface area contributed by atoms with Gasteiger partial charge in [-0.15, -0.1) is 0 Å². The second-order valence-corrected chi connectivity index (χ2v) is 8.55. The Balaban J connectivity index is 1.45. The Morgan fingerprint density at radius 1 is 0.741 bits per heavy atom. The number of rotatable bonds is 2. The molecule has 146 valence electrons. The van der Waals surface area contributed by atoms with Crippen LogP contribution in [0.5, 0.6) is 0 Å². The monoisotopic (exact) mass is 368 g/mol. The van der Waals surface area contributed by atoms with E-state index in [1.54, 1.807) is 0 Å². The van der Waals surface area contributed by atoms with E-state index >= 15 is 0 Å². The van der Waals surface area contributed by atoms with Crippen molar-refractivity contribution in [3.63, 3.8) is 0 Å². The van der Waals surface area contributed by atoms with Gasteiger partial charge in [0.05, 0.1) is 6.42 Å². The molecular weight excluding hydrogens is 336 g/mol. The minimum Gasteiger partial charge on any atom is -0.309 e. The molecule has 1 aromatic rings. The number of amides is 1. The molecule has 0 bridgehead atoms. The number of carbonyl (C=O) groups is 2. The van der Waals surface area contributed by atoms with Crippen molar-refractivity contribution in [1.82, 2.24) is 4.90 Å². The summed E-state index contributed by atoms with van der Waals surface area (Å²) in [4.78, 5) is 29.6. The number of hydrogen-bond donors (Lipinski definition) is 0. The van der Waals surface area contributed by atoms with Crippen molar-refractivity contribution in [2.45, 2.75) is 82.7 Å². The van der Waals surface area contributed by atoms with Gasteiger partial charge in [0.25, 0.3) is 0 Å². The van der Waals surface area contributed by atoms with Crippen LogP contribution in [0.2, 0.25) is 0 Å². The highest BCUT2D eigenvalue weighted by Crippen LogP contribution is 2.32. The van der Waals surface area contributed by atoms with Crippen LogP contribution in [0.3, 0.4) is 0 Å². The van der Waals surface area contributed by atoms with Gasteiger partial charge in [-0.3, -0.25) is 9.59 Å². The third-order valence-electron chi connectivity index (χ3n) is 6.71. The van der Waals surface area contributed by atoms with Crippen LogP contribution in [0.4, 0.5) is 5.69 Å². The largest absolute Gasteiger partial charge is 0.309 e. The number of carbonyl (C=O) groups excluding carboxylic acids is 2. The molecule has 1 saturated heterocycles. The van der Waals surface area contributed by atoms with Crippen LogP contribution in [0.25, 0.3) is 0 Å². The molecule has 1 saturated carbocycles. The smallest absolute Gasteiger partial charge is 0.234 e. The van der Waals surface area contributed by atoms with Gasteiger partial charge >= 0.3 is 0 Å². The van der Waals surface area contributed by atoms with Crippen molar-refractivity contribution < 1.29 is 9.59 Å². The maximum atomic E-state index is 12.8. The first kappa shape index (κ1) is 18.7. The molecular formula is C23H32N2O2. The van der Waals surface area contributed by atoms with E-state index in [0.717, 1.165) is 43.2 Å². The van der Waals surface area contributed by atoms with Crippen LogP contribution in [-0.2, 0) is 16.0 Å². The summed E-state index contributed by atoms with van der Waals surface area (Å²) in [6.45, 7) is 2.16. The molecule has 0 radical (unpaired) electrons. The van der Waals surface area contributed by atoms with Gasteiger partial charge < -0.3 is 9.80 Å². The molecule has 0 spiro atoms. The highest BCUT2D eigenvalue weighted by molar-refractivity contribution is 6.09. The number of ketones is 1. The van der Waals surface area contributed by atoms with E-state index in [9.17, 15) is 9.59 Å². The van der Waals surface area contributed by atoms with E-state index in [4.69, 9.17) is 0 Å². The fourth-order valence-electron chi connectivity index (χ4n) is 5.27. The third kappa shape index (κ3) is 4.26. The van der Waals surface area contributed by atoms with Gasteiger partial charge in [0, 0.05) is 37.3 Å². The van der Waals surface area contributed by atoms with Gasteiger partial charge in [-0.05, 0) is 37.3 Å². The SMILES string of the molecule is O=C1CC(=O)N(C2CCN(C3CCCCCCC3)CC2)c2ccccc2C1. The molecule has 0 aromatic heterocycles. The molecule has 3 aliphatic rings. The first-order valence-electron chi connectivity index (χ1n) is 10.9. The Bertz CT molecular complexity index is 671. The van der Waals surface area contributed by atoms with Crippen LogP contribution in [-0.4, -0.2) is 41.8 Å². The van der Waals surface area contributed by atoms with Gasteiger partial charge in [0.15, 0.2) is 0 Å². The first-order valence-corrected chi connectivity index (χ1v) is 10.9. The number of nitrogens with zero attached hydrogens (tertiary/aromatic N) is 2. The first-order chi connectivity index (χ1) is 13.2. The van der Waals surface area contributed by atoms with Crippen molar-refractivity contribution in [2.24, 2.45) is 0 Å². The maximum Gasteiger partial charge on any atom is 0.234 e. The molecule has 2 aliphatic heterocycles. The number of Topliss-reactive ketones (excluding diaryl/α,β-unsaturated/α-hetero) is 1. The fourth-order valence-corrected chi connectivity index (χ4v) is 5.27. The van der Waals surface area contributed by atoms with Gasteiger partial charge in [-0.1, -0.05) is 50.3 Å². The van der Waals surface area contributed by atoms with E-state index in [2.05, 4.69) is 4.90 Å². The second kappa shape index (κ2) is 8.55. The molecule has 4 nitrogen and oxygen atoms in total. The lowest BCUT2D eigenvalue weighted by molar-refractivity contribution is -0.126. The number of anilines is 1. The van der Waals surface area contributed by atoms with E-state index in [1.807, 2.05) is 29.2 Å². The predicted octanol–water partition coefficient (Wildman–Crippen LogP) is 4.11. The van der Waals surface area contributed by atoms with Gasteiger partial charge in [-0.25, -0.2) is 0 Å². The van der Waals surface area contributed by atoms with E-state index < -0.39 is 0 Å². The molecule has 4 heteroatoms. The molecule has 1 aromatic carbocycles. The Kier molecular flexibility index (Phi) is 5.92. The van der Waals surface area contributed by atoms with Crippen LogP contribution in [0, 0.1) is 0 Å². The van der Waals surface area contributed by atoms with Crippen LogP contribution in [0.1, 0.15) is 69.8 Å². The van der Waals surface area contributed by atoms with Crippen LogP contribution >= 0.6 is 0 Å². The molecule has 1 aliphatic carbocycles. The van der Waals surface area contributed by atoms with Crippen molar-refractivity contribution >= 4 is 17.4 Å². The summed E-state index contributed by atoms with van der Waals surface area (Å²) in [5, 5.41) is 0. The van der Waals surface area contributed by atoms with E-state index in [-0.39, 0.29) is 24.2 Å². The highest BCUT2D eigenvalue weighted by atomic mass is 16.2. The predicted molar refractivity (Wildman–Crippen MR) is 108 cm³/mol. The molecule has 0 unspecified atom stereocenters. The van der Waals surface area contributed by atoms with Crippen LogP contribution < -0.4 is 4.90 Å².